The van der Waals surface area contributed by atoms with Crippen molar-refractivity contribution in [2.45, 2.75) is 20.3 Å². The number of carbonyl (C=O) groups is 1. The predicted octanol–water partition coefficient (Wildman–Crippen LogP) is 4.81. The molecule has 0 bridgehead atoms. The molecule has 172 valence electrons. The summed E-state index contributed by atoms with van der Waals surface area (Å²) >= 11 is 0. The van der Waals surface area contributed by atoms with Crippen LogP contribution in [0.1, 0.15) is 35.3 Å². The van der Waals surface area contributed by atoms with Crippen molar-refractivity contribution in [3.8, 4) is 28.7 Å². The predicted molar refractivity (Wildman–Crippen MR) is 123 cm³/mol. The average molecular weight is 443 g/mol. The molecule has 0 spiro atoms. The molecule has 2 aromatic rings. The largest absolute Gasteiger partial charge is 0.507 e. The van der Waals surface area contributed by atoms with E-state index in [2.05, 4.69) is 0 Å². The van der Waals surface area contributed by atoms with Crippen LogP contribution in [0.5, 0.6) is 28.7 Å². The summed E-state index contributed by atoms with van der Waals surface area (Å²) in [5.74, 6) is 1.14. The Morgan fingerprint density at radius 3 is 2.22 bits per heavy atom. The Bertz CT molecular complexity index is 1000. The van der Waals surface area contributed by atoms with E-state index in [0.717, 1.165) is 5.57 Å². The highest BCUT2D eigenvalue weighted by molar-refractivity contribution is 6.11. The van der Waals surface area contributed by atoms with Crippen LogP contribution in [-0.2, 0) is 11.2 Å². The van der Waals surface area contributed by atoms with Crippen molar-refractivity contribution in [3.05, 3.63) is 58.7 Å². The number of aromatic hydroxyl groups is 1. The first kappa shape index (κ1) is 24.8. The molecule has 32 heavy (non-hydrogen) atoms. The van der Waals surface area contributed by atoms with Gasteiger partial charge in [0.1, 0.15) is 22.8 Å². The van der Waals surface area contributed by atoms with Crippen molar-refractivity contribution in [1.29, 1.82) is 0 Å². The molecule has 0 saturated heterocycles. The Hall–Kier alpha value is -3.45. The van der Waals surface area contributed by atoms with Crippen LogP contribution in [0.4, 0.5) is 0 Å². The molecule has 0 fully saturated rings. The van der Waals surface area contributed by atoms with Gasteiger partial charge in [0, 0.05) is 18.7 Å². The lowest BCUT2D eigenvalue weighted by Gasteiger charge is -2.15. The topological polar surface area (TPSA) is 83.5 Å². The third-order valence-corrected chi connectivity index (χ3v) is 4.68. The van der Waals surface area contributed by atoms with Gasteiger partial charge in [0.15, 0.2) is 24.1 Å². The smallest absolute Gasteiger partial charge is 0.193 e. The normalized spacial score (nSPS) is 10.7. The third kappa shape index (κ3) is 6.04. The molecule has 0 aliphatic heterocycles. The molecule has 0 aliphatic rings. The van der Waals surface area contributed by atoms with Gasteiger partial charge in [0.05, 0.1) is 21.3 Å². The molecule has 2 rings (SSSR count). The number of ether oxygens (including phenoxy) is 5. The van der Waals surface area contributed by atoms with E-state index in [1.807, 2.05) is 19.9 Å². The molecule has 0 heterocycles. The van der Waals surface area contributed by atoms with Crippen LogP contribution in [0.3, 0.4) is 0 Å². The monoisotopic (exact) mass is 442 g/mol. The Balaban J connectivity index is 2.43. The van der Waals surface area contributed by atoms with Crippen molar-refractivity contribution in [3.63, 3.8) is 0 Å². The fourth-order valence-corrected chi connectivity index (χ4v) is 3.03. The van der Waals surface area contributed by atoms with Crippen molar-refractivity contribution < 1.29 is 33.6 Å². The minimum absolute atomic E-state index is 0.0633. The van der Waals surface area contributed by atoms with Crippen LogP contribution >= 0.6 is 0 Å². The molecule has 2 aromatic carbocycles. The van der Waals surface area contributed by atoms with Gasteiger partial charge >= 0.3 is 0 Å². The molecular weight excluding hydrogens is 412 g/mol. The summed E-state index contributed by atoms with van der Waals surface area (Å²) < 4.78 is 26.5. The molecule has 0 unspecified atom stereocenters. The Morgan fingerprint density at radius 1 is 0.938 bits per heavy atom. The van der Waals surface area contributed by atoms with Crippen LogP contribution < -0.4 is 18.9 Å². The molecule has 0 amide bonds. The third-order valence-electron chi connectivity index (χ3n) is 4.68. The Morgan fingerprint density at radius 2 is 1.62 bits per heavy atom. The SMILES string of the molecule is COCOc1cc(C=CC(=O)c2c(OC)cc(OC)c(CC=C(C)C)c2O)ccc1OC. The summed E-state index contributed by atoms with van der Waals surface area (Å²) in [5.41, 5.74) is 2.39. The Labute approximate surface area is 188 Å². The zero-order valence-corrected chi connectivity index (χ0v) is 19.4. The first-order valence-electron chi connectivity index (χ1n) is 9.98. The van der Waals surface area contributed by atoms with Crippen LogP contribution in [0.25, 0.3) is 6.08 Å². The molecule has 0 atom stereocenters. The van der Waals surface area contributed by atoms with Crippen LogP contribution in [0.2, 0.25) is 0 Å². The van der Waals surface area contributed by atoms with E-state index in [9.17, 15) is 9.90 Å². The quantitative estimate of drug-likeness (QED) is 0.231. The van der Waals surface area contributed by atoms with Gasteiger partial charge in [0.25, 0.3) is 0 Å². The number of methoxy groups -OCH3 is 4. The number of hydrogen-bond acceptors (Lipinski definition) is 7. The number of phenols is 1. The van der Waals surface area contributed by atoms with Crippen LogP contribution in [0.15, 0.2) is 42.0 Å². The number of ketones is 1. The fraction of sp³-hybridized carbons (Fsp3) is 0.320. The molecule has 7 heteroatoms. The number of phenolic OH excluding ortho intramolecular Hbond substituents is 1. The minimum atomic E-state index is -0.407. The van der Waals surface area contributed by atoms with Gasteiger partial charge in [-0.25, -0.2) is 0 Å². The second kappa shape index (κ2) is 11.8. The standard InChI is InChI=1S/C25H30O7/c1-16(2)7-10-18-21(30-5)14-23(31-6)24(25(18)27)19(26)11-8-17-9-12-20(29-4)22(13-17)32-15-28-3/h7-9,11-14,27H,10,15H2,1-6H3. The van der Waals surface area contributed by atoms with Gasteiger partial charge in [-0.1, -0.05) is 23.8 Å². The number of rotatable bonds is 11. The number of benzene rings is 2. The van der Waals surface area contributed by atoms with Crippen molar-refractivity contribution >= 4 is 11.9 Å². The van der Waals surface area contributed by atoms with Crippen molar-refractivity contribution in [2.75, 3.05) is 35.2 Å². The van der Waals surface area contributed by atoms with Crippen molar-refractivity contribution in [2.24, 2.45) is 0 Å². The highest BCUT2D eigenvalue weighted by Gasteiger charge is 2.22. The first-order chi connectivity index (χ1) is 15.4. The maximum Gasteiger partial charge on any atom is 0.193 e. The van der Waals surface area contributed by atoms with E-state index in [-0.39, 0.29) is 23.9 Å². The first-order valence-corrected chi connectivity index (χ1v) is 9.98. The lowest BCUT2D eigenvalue weighted by molar-refractivity contribution is 0.0491. The second-order valence-electron chi connectivity index (χ2n) is 7.13. The van der Waals surface area contributed by atoms with E-state index in [1.54, 1.807) is 37.5 Å². The highest BCUT2D eigenvalue weighted by atomic mass is 16.7. The maximum atomic E-state index is 13.0. The summed E-state index contributed by atoms with van der Waals surface area (Å²) in [6.45, 7) is 3.98. The van der Waals surface area contributed by atoms with E-state index in [1.165, 1.54) is 27.4 Å². The molecule has 0 saturated carbocycles. The van der Waals surface area contributed by atoms with Gasteiger partial charge in [-0.3, -0.25) is 4.79 Å². The summed E-state index contributed by atoms with van der Waals surface area (Å²) in [6, 6.07) is 6.86. The average Bonchev–Trinajstić information content (AvgIpc) is 2.79. The van der Waals surface area contributed by atoms with E-state index >= 15 is 0 Å². The number of allylic oxidation sites excluding steroid dienone is 3. The molecular formula is C25H30O7. The van der Waals surface area contributed by atoms with Gasteiger partial charge in [0.2, 0.25) is 0 Å². The second-order valence-corrected chi connectivity index (χ2v) is 7.13. The minimum Gasteiger partial charge on any atom is -0.507 e. The lowest BCUT2D eigenvalue weighted by atomic mass is 9.99. The summed E-state index contributed by atoms with van der Waals surface area (Å²) in [7, 11) is 6.01. The number of carbonyl (C=O) groups excluding carboxylic acids is 1. The van der Waals surface area contributed by atoms with E-state index in [4.69, 9.17) is 23.7 Å². The van der Waals surface area contributed by atoms with Crippen LogP contribution in [0, 0.1) is 0 Å². The van der Waals surface area contributed by atoms with E-state index in [0.29, 0.717) is 34.8 Å². The lowest BCUT2D eigenvalue weighted by Crippen LogP contribution is -2.04. The zero-order valence-electron chi connectivity index (χ0n) is 19.4. The molecule has 0 aliphatic carbocycles. The molecule has 0 radical (unpaired) electrons. The maximum absolute atomic E-state index is 13.0. The van der Waals surface area contributed by atoms with Crippen molar-refractivity contribution in [1.82, 2.24) is 0 Å². The van der Waals surface area contributed by atoms with Gasteiger partial charge in [-0.2, -0.15) is 0 Å². The Kier molecular flexibility index (Phi) is 9.16. The fourth-order valence-electron chi connectivity index (χ4n) is 3.03. The highest BCUT2D eigenvalue weighted by Crippen LogP contribution is 2.39. The van der Waals surface area contributed by atoms with Gasteiger partial charge < -0.3 is 28.8 Å². The van der Waals surface area contributed by atoms with Crippen LogP contribution in [-0.4, -0.2) is 46.1 Å². The zero-order chi connectivity index (χ0) is 23.7. The van der Waals surface area contributed by atoms with Gasteiger partial charge in [-0.15, -0.1) is 0 Å². The summed E-state index contributed by atoms with van der Waals surface area (Å²) in [5, 5.41) is 10.9. The van der Waals surface area contributed by atoms with Gasteiger partial charge in [-0.05, 0) is 44.0 Å². The van der Waals surface area contributed by atoms with E-state index < -0.39 is 5.78 Å². The molecule has 1 N–H and O–H groups in total. The molecule has 0 aromatic heterocycles. The number of hydrogen-bond donors (Lipinski definition) is 1. The summed E-state index contributed by atoms with van der Waals surface area (Å²) in [6.07, 6.45) is 5.37. The summed E-state index contributed by atoms with van der Waals surface area (Å²) in [4.78, 5) is 13.0. The molecule has 7 nitrogen and oxygen atoms in total.